The number of aryl methyl sites for hydroxylation is 1. The average molecular weight is 375 g/mol. The van der Waals surface area contributed by atoms with E-state index in [4.69, 9.17) is 0 Å². The lowest BCUT2D eigenvalue weighted by Crippen LogP contribution is -2.26. The molecule has 2 unspecified atom stereocenters. The van der Waals surface area contributed by atoms with Crippen molar-refractivity contribution in [1.29, 1.82) is 0 Å². The molecule has 0 radical (unpaired) electrons. The average Bonchev–Trinajstić information content (AvgIpc) is 2.85. The number of hydrogen-bond acceptors (Lipinski definition) is 0. The number of hydrogen-bond donors (Lipinski definition) is 0. The number of allylic oxidation sites excluding steroid dienone is 4. The highest BCUT2D eigenvalue weighted by Gasteiger charge is 2.30. The molecule has 0 aromatic heterocycles. The van der Waals surface area contributed by atoms with Gasteiger partial charge in [0.05, 0.1) is 0 Å². The van der Waals surface area contributed by atoms with Crippen LogP contribution in [0.3, 0.4) is 0 Å². The van der Waals surface area contributed by atoms with E-state index in [0.717, 1.165) is 12.3 Å². The first-order chi connectivity index (χ1) is 13.5. The van der Waals surface area contributed by atoms with Crippen LogP contribution in [0.1, 0.15) is 58.1 Å². The smallest absolute Gasteiger partial charge is 0.0170 e. The van der Waals surface area contributed by atoms with E-state index in [2.05, 4.69) is 95.3 Å². The first kappa shape index (κ1) is 22.2. The highest BCUT2D eigenvalue weighted by molar-refractivity contribution is 5.27. The van der Waals surface area contributed by atoms with Crippen LogP contribution in [-0.2, 0) is 6.42 Å². The molecule has 0 saturated carbocycles. The molecule has 0 saturated heterocycles. The van der Waals surface area contributed by atoms with Gasteiger partial charge in [-0.2, -0.15) is 0 Å². The zero-order chi connectivity index (χ0) is 20.4. The third-order valence-corrected chi connectivity index (χ3v) is 6.33. The normalized spacial score (nSPS) is 21.5. The molecular formula is C28H38. The molecule has 0 N–H and O–H groups in total. The van der Waals surface area contributed by atoms with E-state index in [0.29, 0.717) is 11.3 Å². The summed E-state index contributed by atoms with van der Waals surface area (Å²) in [5.41, 5.74) is 4.66. The molecular weight excluding hydrogens is 336 g/mol. The molecule has 0 bridgehead atoms. The van der Waals surface area contributed by atoms with Crippen LogP contribution in [-0.4, -0.2) is 0 Å². The molecule has 1 aliphatic carbocycles. The Kier molecular flexibility index (Phi) is 8.77. The standard InChI is InChI=1S/C21H30.C7H8/c1-5-19(6-2)20-13-12-17(3)21(4,15-14-20)16-18-10-8-7-9-11-18;1-7-5-3-2-4-6-7/h7-14,17,19H,5-6,15-16H2,1-4H3;2-6H,1H3. The van der Waals surface area contributed by atoms with E-state index in [1.807, 2.05) is 18.2 Å². The summed E-state index contributed by atoms with van der Waals surface area (Å²) in [7, 11) is 0. The van der Waals surface area contributed by atoms with Crippen molar-refractivity contribution in [2.45, 2.75) is 60.3 Å². The molecule has 2 aromatic carbocycles. The van der Waals surface area contributed by atoms with Crippen molar-refractivity contribution in [3.63, 3.8) is 0 Å². The Hall–Kier alpha value is -2.08. The maximum atomic E-state index is 2.51. The second-order valence-electron chi connectivity index (χ2n) is 8.54. The van der Waals surface area contributed by atoms with Gasteiger partial charge in [0.1, 0.15) is 0 Å². The van der Waals surface area contributed by atoms with E-state index in [-0.39, 0.29) is 0 Å². The van der Waals surface area contributed by atoms with Gasteiger partial charge in [0, 0.05) is 0 Å². The summed E-state index contributed by atoms with van der Waals surface area (Å²) in [6.07, 6.45) is 12.2. The maximum absolute atomic E-state index is 2.51. The minimum atomic E-state index is 0.325. The van der Waals surface area contributed by atoms with Crippen LogP contribution in [0.4, 0.5) is 0 Å². The van der Waals surface area contributed by atoms with Gasteiger partial charge in [0.2, 0.25) is 0 Å². The van der Waals surface area contributed by atoms with E-state index < -0.39 is 0 Å². The van der Waals surface area contributed by atoms with Crippen LogP contribution in [0.15, 0.2) is 84.5 Å². The van der Waals surface area contributed by atoms with E-state index in [9.17, 15) is 0 Å². The summed E-state index contributed by atoms with van der Waals surface area (Å²) in [4.78, 5) is 0. The van der Waals surface area contributed by atoms with Crippen molar-refractivity contribution in [2.75, 3.05) is 0 Å². The van der Waals surface area contributed by atoms with Crippen LogP contribution in [0.2, 0.25) is 0 Å². The van der Waals surface area contributed by atoms with Crippen LogP contribution in [0.5, 0.6) is 0 Å². The van der Waals surface area contributed by atoms with Crippen LogP contribution in [0, 0.1) is 24.2 Å². The van der Waals surface area contributed by atoms with Gasteiger partial charge in [0.25, 0.3) is 0 Å². The van der Waals surface area contributed by atoms with Crippen LogP contribution < -0.4 is 0 Å². The van der Waals surface area contributed by atoms with Gasteiger partial charge in [-0.05, 0) is 61.0 Å². The number of benzene rings is 2. The molecule has 2 aromatic rings. The van der Waals surface area contributed by atoms with Crippen molar-refractivity contribution in [1.82, 2.24) is 0 Å². The fourth-order valence-corrected chi connectivity index (χ4v) is 3.99. The van der Waals surface area contributed by atoms with Gasteiger partial charge in [-0.1, -0.05) is 112 Å². The molecule has 0 nitrogen and oxygen atoms in total. The third-order valence-electron chi connectivity index (χ3n) is 6.33. The lowest BCUT2D eigenvalue weighted by Gasteiger charge is -2.33. The summed E-state index contributed by atoms with van der Waals surface area (Å²) >= 11 is 0. The Balaban J connectivity index is 0.000000336. The Bertz CT molecular complexity index is 734. The molecule has 0 heteroatoms. The monoisotopic (exact) mass is 374 g/mol. The molecule has 2 atom stereocenters. The number of rotatable bonds is 5. The maximum Gasteiger partial charge on any atom is -0.0170 e. The first-order valence-corrected chi connectivity index (χ1v) is 10.9. The Morgan fingerprint density at radius 1 is 0.929 bits per heavy atom. The van der Waals surface area contributed by atoms with Crippen molar-refractivity contribution in [3.8, 4) is 0 Å². The van der Waals surface area contributed by atoms with Gasteiger partial charge in [-0.15, -0.1) is 0 Å². The minimum Gasteiger partial charge on any atom is -0.0809 e. The summed E-state index contributed by atoms with van der Waals surface area (Å²) < 4.78 is 0. The Labute approximate surface area is 173 Å². The van der Waals surface area contributed by atoms with Gasteiger partial charge >= 0.3 is 0 Å². The van der Waals surface area contributed by atoms with E-state index in [1.165, 1.54) is 30.4 Å². The van der Waals surface area contributed by atoms with Crippen molar-refractivity contribution < 1.29 is 0 Å². The Morgan fingerprint density at radius 3 is 2.00 bits per heavy atom. The highest BCUT2D eigenvalue weighted by atomic mass is 14.3. The summed E-state index contributed by atoms with van der Waals surface area (Å²) in [5, 5.41) is 0. The van der Waals surface area contributed by atoms with Gasteiger partial charge in [-0.3, -0.25) is 0 Å². The summed E-state index contributed by atoms with van der Waals surface area (Å²) in [6.45, 7) is 11.5. The molecule has 150 valence electrons. The lowest BCUT2D eigenvalue weighted by molar-refractivity contribution is 0.246. The molecule has 0 heterocycles. The fraction of sp³-hybridized carbons (Fsp3) is 0.429. The SMILES string of the molecule is CCC(CC)C1=CCC(C)(Cc2ccccc2)C(C)C=C1.Cc1ccccc1. The van der Waals surface area contributed by atoms with E-state index in [1.54, 1.807) is 5.57 Å². The molecule has 0 aliphatic heterocycles. The molecule has 28 heavy (non-hydrogen) atoms. The fourth-order valence-electron chi connectivity index (χ4n) is 3.99. The third kappa shape index (κ3) is 6.51. The van der Waals surface area contributed by atoms with Crippen LogP contribution >= 0.6 is 0 Å². The van der Waals surface area contributed by atoms with Crippen molar-refractivity contribution >= 4 is 0 Å². The summed E-state index contributed by atoms with van der Waals surface area (Å²) in [5.74, 6) is 1.34. The van der Waals surface area contributed by atoms with Crippen molar-refractivity contribution in [3.05, 3.63) is 95.6 Å². The highest BCUT2D eigenvalue weighted by Crippen LogP contribution is 2.40. The largest absolute Gasteiger partial charge is 0.0809 e. The van der Waals surface area contributed by atoms with Gasteiger partial charge in [0.15, 0.2) is 0 Å². The predicted octanol–water partition coefficient (Wildman–Crippen LogP) is 8.19. The van der Waals surface area contributed by atoms with Crippen molar-refractivity contribution in [2.24, 2.45) is 17.3 Å². The molecule has 1 aliphatic rings. The van der Waals surface area contributed by atoms with Gasteiger partial charge in [-0.25, -0.2) is 0 Å². The molecule has 3 rings (SSSR count). The first-order valence-electron chi connectivity index (χ1n) is 10.9. The summed E-state index contributed by atoms with van der Waals surface area (Å²) in [6, 6.07) is 21.2. The molecule has 0 amide bonds. The zero-order valence-electron chi connectivity index (χ0n) is 18.5. The van der Waals surface area contributed by atoms with E-state index >= 15 is 0 Å². The molecule has 0 spiro atoms. The molecule has 0 fully saturated rings. The second-order valence-corrected chi connectivity index (χ2v) is 8.54. The van der Waals surface area contributed by atoms with Gasteiger partial charge < -0.3 is 0 Å². The second kappa shape index (κ2) is 11.1. The lowest BCUT2D eigenvalue weighted by atomic mass is 9.71. The predicted molar refractivity (Wildman–Crippen MR) is 125 cm³/mol. The van der Waals surface area contributed by atoms with Crippen LogP contribution in [0.25, 0.3) is 0 Å². The topological polar surface area (TPSA) is 0 Å². The minimum absolute atomic E-state index is 0.325. The Morgan fingerprint density at radius 2 is 1.50 bits per heavy atom. The quantitative estimate of drug-likeness (QED) is 0.495. The zero-order valence-corrected chi connectivity index (χ0v) is 18.5.